The number of rotatable bonds is 28. The average Bonchev–Trinajstić information content (AvgIpc) is 0.903. The molecule has 3 saturated heterocycles. The fourth-order valence-corrected chi connectivity index (χ4v) is 23.3. The maximum absolute atomic E-state index is 15.6. The van der Waals surface area contributed by atoms with E-state index in [1.807, 2.05) is 0 Å². The molecule has 0 radical (unpaired) electrons. The van der Waals surface area contributed by atoms with Gasteiger partial charge in [-0.3, -0.25) is 67.1 Å². The van der Waals surface area contributed by atoms with Crippen LogP contribution < -0.4 is 98.2 Å². The molecule has 34 heteroatoms. The molecule has 8 saturated carbocycles. The van der Waals surface area contributed by atoms with Crippen molar-refractivity contribution >= 4 is 82.7 Å². The van der Waals surface area contributed by atoms with Crippen molar-refractivity contribution in [1.82, 2.24) is 73.6 Å². The Hall–Kier alpha value is -9.22. The normalized spacial score (nSPS) is 33.1. The highest BCUT2D eigenvalue weighted by Crippen LogP contribution is 2.63. The third-order valence-electron chi connectivity index (χ3n) is 28.8. The van der Waals surface area contributed by atoms with Crippen LogP contribution in [0.3, 0.4) is 0 Å². The van der Waals surface area contributed by atoms with Crippen molar-refractivity contribution in [3.63, 3.8) is 0 Å². The van der Waals surface area contributed by atoms with Crippen molar-refractivity contribution in [2.24, 2.45) is 92.6 Å². The molecule has 0 unspecified atom stereocenters. The molecule has 11 aliphatic rings. The molecule has 2 aromatic carbocycles. The zero-order valence-electron chi connectivity index (χ0n) is 75.8. The molecule has 24 N–H and O–H groups in total. The Morgan fingerprint density at radius 2 is 0.523 bits per heavy atom. The minimum atomic E-state index is -1.33. The van der Waals surface area contributed by atoms with Crippen LogP contribution in [-0.4, -0.2) is 229 Å². The van der Waals surface area contributed by atoms with E-state index in [0.717, 1.165) is 77.0 Å². The molecular formula is C94H148N20O14. The number of amides is 14. The first-order chi connectivity index (χ1) is 61.4. The quantitative estimate of drug-likeness (QED) is 0.0570. The molecule has 14 amide bonds. The van der Waals surface area contributed by atoms with Crippen LogP contribution in [-0.2, 0) is 80.0 Å². The second-order valence-corrected chi connectivity index (χ2v) is 39.7. The number of nitrogens with zero attached hydrogens (tertiary/aromatic N) is 2. The molecule has 11 fully saturated rings. The van der Waals surface area contributed by atoms with Gasteiger partial charge in [-0.25, -0.2) is 0 Å². The molecule has 3 heterocycles. The Bertz CT molecular complexity index is 3810. The molecule has 8 bridgehead atoms. The fourth-order valence-electron chi connectivity index (χ4n) is 23.3. The number of hydrogen-bond acceptors (Lipinski definition) is 20. The van der Waals surface area contributed by atoms with Gasteiger partial charge in [0.1, 0.15) is 84.6 Å². The largest absolute Gasteiger partial charge is 0.343 e. The van der Waals surface area contributed by atoms with Crippen LogP contribution in [0.1, 0.15) is 231 Å². The van der Waals surface area contributed by atoms with Crippen LogP contribution in [0.5, 0.6) is 0 Å². The van der Waals surface area contributed by atoms with Crippen LogP contribution in [0.15, 0.2) is 60.7 Å². The van der Waals surface area contributed by atoms with Crippen molar-refractivity contribution in [2.75, 3.05) is 52.4 Å². The Morgan fingerprint density at radius 3 is 0.781 bits per heavy atom. The van der Waals surface area contributed by atoms with Crippen LogP contribution in [0, 0.1) is 58.2 Å². The Labute approximate surface area is 754 Å². The maximum atomic E-state index is 15.6. The van der Waals surface area contributed by atoms with Gasteiger partial charge in [-0.05, 0) is 301 Å². The second-order valence-electron chi connectivity index (χ2n) is 39.7. The van der Waals surface area contributed by atoms with Crippen LogP contribution in [0.2, 0.25) is 0 Å². The van der Waals surface area contributed by atoms with Crippen LogP contribution >= 0.6 is 0 Å². The van der Waals surface area contributed by atoms with Crippen molar-refractivity contribution in [3.8, 4) is 0 Å². The number of fused-ring (bicyclic) bond motifs is 2. The molecule has 8 aliphatic carbocycles. The van der Waals surface area contributed by atoms with E-state index in [4.69, 9.17) is 34.4 Å². The number of benzene rings is 2. The van der Waals surface area contributed by atoms with Crippen LogP contribution in [0.25, 0.3) is 0 Å². The fraction of sp³-hybridized carbons (Fsp3) is 0.723. The number of nitrogens with one attached hydrogen (secondary N) is 12. The first-order valence-corrected chi connectivity index (χ1v) is 48.0. The molecule has 2 aromatic rings. The van der Waals surface area contributed by atoms with Crippen molar-refractivity contribution in [1.29, 1.82) is 0 Å². The summed E-state index contributed by atoms with van der Waals surface area (Å²) >= 11 is 0. The van der Waals surface area contributed by atoms with E-state index in [0.29, 0.717) is 59.5 Å². The van der Waals surface area contributed by atoms with Crippen molar-refractivity contribution in [3.05, 3.63) is 71.8 Å². The number of nitrogens with two attached hydrogens (primary N) is 6. The summed E-state index contributed by atoms with van der Waals surface area (Å²) in [6, 6.07) is -0.142. The number of hydrogen-bond donors (Lipinski definition) is 18. The van der Waals surface area contributed by atoms with Crippen molar-refractivity contribution in [2.45, 2.75) is 318 Å². The SMILES string of the molecule is CC(C)[C@@H]1NC(=O)[C@H](CCCN)NC(=O)[C@@H]2CCCN2C(=O)[C@@H](Cc2ccccc2)NC(=O)[C@H](CCCN)NC(=O)[C@H](CC23CC4CC(CC(C4)C2)C3)NC(=O)[C@H](CCCN)NC(=O)[C@H](C(C)C)NC(=O)[C@H](CCCN)NC(=O)[C@@H]2CCCN2C(=O)[C@@H](Cc2ccccc2)NC(=O)[C@H](CCCN)NC(=O)[C@H](CC23CC4CC(CC(C4)C2)C3)NC(=O)[C@H](CCCN)NC1=O. The van der Waals surface area contributed by atoms with Gasteiger partial charge in [-0.2, -0.15) is 0 Å². The lowest BCUT2D eigenvalue weighted by Crippen LogP contribution is -2.62. The van der Waals surface area contributed by atoms with Gasteiger partial charge in [0.05, 0.1) is 0 Å². The van der Waals surface area contributed by atoms with Gasteiger partial charge in [0.15, 0.2) is 0 Å². The van der Waals surface area contributed by atoms with E-state index in [-0.39, 0.29) is 179 Å². The molecule has 14 atom stereocenters. The Balaban J connectivity index is 0.937. The third-order valence-corrected chi connectivity index (χ3v) is 28.8. The van der Waals surface area contributed by atoms with E-state index in [1.165, 1.54) is 9.80 Å². The molecule has 3 aliphatic heterocycles. The standard InChI is InChI=1S/C94H148N20O14/c1-55(2)77-89(125)105-67(25-13-33-97)81(117)109-73(53-93-47-59-39-60(48-93)41-61(40-59)49-93)85(121)101-65(23-11-31-95)79(115)108-72(46-58-21-9-6-10-22-58)92(128)114-38-18-30-76(114)88(124)104-70(28-16-36-100)84(120)112-78(56(3)4)90(126)106-68(26-14-34-98)82(118)110-74(54-94-50-62-42-63(51-94)44-64(43-62)52-94)86(122)102-66(24-12-32-96)80(116)107-71(45-57-19-7-5-8-20-57)91(127)113-37-17-29-75(113)87(123)103-69(27-15-35-99)83(119)111-77/h5-10,19-22,55-56,59-78H,11-18,23-54,95-100H2,1-4H3,(H,101,121)(H,102,122)(H,103,123)(H,104,124)(H,105,125)(H,106,126)(H,107,116)(H,108,115)(H,109,117)(H,110,118)(H,111,119)(H,112,120)/t59?,60?,61?,62?,63?,64?,65-,66-,67-,68-,69-,70-,71+,72+,73-,74-,75-,76-,77-,78-,93?,94?/m0/s1. The molecule has 13 rings (SSSR count). The minimum absolute atomic E-state index is 0.00504. The summed E-state index contributed by atoms with van der Waals surface area (Å²) in [5.74, 6) is -8.61. The second kappa shape index (κ2) is 47.0. The third kappa shape index (κ3) is 26.6. The zero-order valence-corrected chi connectivity index (χ0v) is 75.8. The summed E-state index contributed by atoms with van der Waals surface area (Å²) in [5, 5.41) is 35.3. The number of carbonyl (C=O) groups is 14. The Morgan fingerprint density at radius 1 is 0.297 bits per heavy atom. The molecular weight excluding hydrogens is 1630 g/mol. The highest BCUT2D eigenvalue weighted by Gasteiger charge is 2.55. The average molecular weight is 1780 g/mol. The Kier molecular flexibility index (Phi) is 36.5. The van der Waals surface area contributed by atoms with Gasteiger partial charge >= 0.3 is 0 Å². The van der Waals surface area contributed by atoms with Gasteiger partial charge in [0.2, 0.25) is 82.7 Å². The maximum Gasteiger partial charge on any atom is 0.246 e. The predicted molar refractivity (Wildman–Crippen MR) is 483 cm³/mol. The summed E-state index contributed by atoms with van der Waals surface area (Å²) in [7, 11) is 0. The van der Waals surface area contributed by atoms with Gasteiger partial charge in [0, 0.05) is 25.9 Å². The topological polar surface area (TPSA) is 546 Å². The van der Waals surface area contributed by atoms with E-state index >= 15 is 57.5 Å². The van der Waals surface area contributed by atoms with Gasteiger partial charge in [-0.1, -0.05) is 88.4 Å². The predicted octanol–water partition coefficient (Wildman–Crippen LogP) is 1.24. The van der Waals surface area contributed by atoms with Gasteiger partial charge in [-0.15, -0.1) is 0 Å². The van der Waals surface area contributed by atoms with Gasteiger partial charge in [0.25, 0.3) is 0 Å². The summed E-state index contributed by atoms with van der Waals surface area (Å²) in [6.45, 7) is 7.65. The van der Waals surface area contributed by atoms with E-state index in [1.54, 1.807) is 88.4 Å². The molecule has 34 nitrogen and oxygen atoms in total. The molecule has 128 heavy (non-hydrogen) atoms. The summed E-state index contributed by atoms with van der Waals surface area (Å²) in [5.41, 5.74) is 37.4. The highest BCUT2D eigenvalue weighted by atomic mass is 16.2. The monoisotopic (exact) mass is 1780 g/mol. The lowest BCUT2D eigenvalue weighted by Gasteiger charge is -2.57. The molecule has 708 valence electrons. The summed E-state index contributed by atoms with van der Waals surface area (Å²) in [6.07, 6.45) is 14.3. The van der Waals surface area contributed by atoms with E-state index in [9.17, 15) is 9.59 Å². The smallest absolute Gasteiger partial charge is 0.246 e. The van der Waals surface area contributed by atoms with E-state index < -0.39 is 179 Å². The molecule has 0 spiro atoms. The summed E-state index contributed by atoms with van der Waals surface area (Å²) in [4.78, 5) is 217. The van der Waals surface area contributed by atoms with Crippen molar-refractivity contribution < 1.29 is 67.1 Å². The lowest BCUT2D eigenvalue weighted by molar-refractivity contribution is -0.143. The lowest BCUT2D eigenvalue weighted by atomic mass is 9.48. The van der Waals surface area contributed by atoms with E-state index in [2.05, 4.69) is 63.8 Å². The molecule has 0 aromatic heterocycles. The van der Waals surface area contributed by atoms with Crippen LogP contribution in [0.4, 0.5) is 0 Å². The highest BCUT2D eigenvalue weighted by molar-refractivity contribution is 6.01. The first-order valence-electron chi connectivity index (χ1n) is 48.0. The minimum Gasteiger partial charge on any atom is -0.343 e. The first kappa shape index (κ1) is 99.4. The number of carbonyl (C=O) groups excluding carboxylic acids is 14. The van der Waals surface area contributed by atoms with Gasteiger partial charge < -0.3 is 108 Å². The summed E-state index contributed by atoms with van der Waals surface area (Å²) < 4.78 is 0. The zero-order chi connectivity index (χ0) is 91.9.